The number of nitriles is 1. The molecule has 0 aliphatic rings. The van der Waals surface area contributed by atoms with Crippen molar-refractivity contribution in [3.63, 3.8) is 0 Å². The van der Waals surface area contributed by atoms with Crippen molar-refractivity contribution in [2.24, 2.45) is 0 Å². The Labute approximate surface area is 195 Å². The molecule has 2 aromatic carbocycles. The number of amides is 1. The molecule has 0 unspecified atom stereocenters. The van der Waals surface area contributed by atoms with Crippen molar-refractivity contribution in [3.05, 3.63) is 76.8 Å². The van der Waals surface area contributed by atoms with Gasteiger partial charge in [-0.15, -0.1) is 12.4 Å². The van der Waals surface area contributed by atoms with E-state index in [1.165, 1.54) is 11.3 Å². The summed E-state index contributed by atoms with van der Waals surface area (Å²) in [5, 5.41) is 10.3. The van der Waals surface area contributed by atoms with E-state index in [1.54, 1.807) is 41.7 Å². The summed E-state index contributed by atoms with van der Waals surface area (Å²) in [6.07, 6.45) is 6.13. The number of carbonyl (C=O) groups excluding carboxylic acids is 1. The minimum atomic E-state index is -0.155. The van der Waals surface area contributed by atoms with Crippen molar-refractivity contribution in [1.82, 2.24) is 14.5 Å². The van der Waals surface area contributed by atoms with Crippen LogP contribution in [0.3, 0.4) is 0 Å². The minimum Gasteiger partial charge on any atom is -0.337 e. The fourth-order valence-electron chi connectivity index (χ4n) is 3.16. The normalized spacial score (nSPS) is 10.5. The summed E-state index contributed by atoms with van der Waals surface area (Å²) in [7, 11) is 0. The number of rotatable bonds is 6. The Morgan fingerprint density at radius 2 is 2.03 bits per heavy atom. The molecule has 6 nitrogen and oxygen atoms in total. The van der Waals surface area contributed by atoms with Gasteiger partial charge in [-0.2, -0.15) is 5.26 Å². The molecule has 1 amide bonds. The lowest BCUT2D eigenvalue weighted by Crippen LogP contribution is -2.32. The lowest BCUT2D eigenvalue weighted by atomic mass is 10.1. The average Bonchev–Trinajstić information content (AvgIpc) is 3.44. The zero-order valence-corrected chi connectivity index (χ0v) is 19.0. The molecule has 31 heavy (non-hydrogen) atoms. The average molecular weight is 472 g/mol. The van der Waals surface area contributed by atoms with Gasteiger partial charge in [0, 0.05) is 31.0 Å². The summed E-state index contributed by atoms with van der Waals surface area (Å²) in [6, 6.07) is 12.5. The van der Waals surface area contributed by atoms with E-state index >= 15 is 0 Å². The highest BCUT2D eigenvalue weighted by atomic mass is 35.5. The van der Waals surface area contributed by atoms with Crippen LogP contribution in [0.4, 0.5) is 5.13 Å². The molecule has 2 aromatic heterocycles. The molecule has 0 atom stereocenters. The van der Waals surface area contributed by atoms with Gasteiger partial charge in [-0.05, 0) is 49.2 Å². The number of hydrogen-bond donors (Lipinski definition) is 0. The standard InChI is InChI=1S/C22H18ClN5OS.ClH/c1-15-3-8-18(23)20-19(15)26-22(30-20)28(11-2-10-27-12-9-25-14-27)21(29)17-6-4-16(13-24)5-7-17;/h3-9,12,14H,2,10-11H2,1H3;1H. The summed E-state index contributed by atoms with van der Waals surface area (Å²) >= 11 is 7.79. The van der Waals surface area contributed by atoms with Crippen molar-refractivity contribution in [3.8, 4) is 6.07 Å². The van der Waals surface area contributed by atoms with Gasteiger partial charge in [-0.1, -0.05) is 29.0 Å². The van der Waals surface area contributed by atoms with Crippen LogP contribution in [-0.4, -0.2) is 27.0 Å². The van der Waals surface area contributed by atoms with Crippen LogP contribution in [0, 0.1) is 18.3 Å². The third kappa shape index (κ3) is 4.88. The van der Waals surface area contributed by atoms with Crippen molar-refractivity contribution < 1.29 is 4.79 Å². The Morgan fingerprint density at radius 1 is 1.26 bits per heavy atom. The van der Waals surface area contributed by atoms with Crippen LogP contribution in [0.15, 0.2) is 55.1 Å². The maximum absolute atomic E-state index is 13.3. The van der Waals surface area contributed by atoms with Crippen molar-refractivity contribution in [2.45, 2.75) is 19.9 Å². The molecule has 0 aliphatic heterocycles. The molecule has 0 bridgehead atoms. The second-order valence-electron chi connectivity index (χ2n) is 6.84. The largest absolute Gasteiger partial charge is 0.337 e. The van der Waals surface area contributed by atoms with Gasteiger partial charge in [0.05, 0.1) is 33.2 Å². The number of nitrogens with zero attached hydrogens (tertiary/aromatic N) is 5. The first kappa shape index (κ1) is 22.8. The summed E-state index contributed by atoms with van der Waals surface area (Å²) in [5.41, 5.74) is 2.86. The van der Waals surface area contributed by atoms with Gasteiger partial charge in [0.2, 0.25) is 0 Å². The molecule has 158 valence electrons. The van der Waals surface area contributed by atoms with Gasteiger partial charge in [0.15, 0.2) is 5.13 Å². The predicted molar refractivity (Wildman–Crippen MR) is 126 cm³/mol. The van der Waals surface area contributed by atoms with Crippen LogP contribution in [0.25, 0.3) is 10.2 Å². The summed E-state index contributed by atoms with van der Waals surface area (Å²) in [4.78, 5) is 23.8. The number of benzene rings is 2. The second-order valence-corrected chi connectivity index (χ2v) is 8.22. The number of hydrogen-bond acceptors (Lipinski definition) is 5. The van der Waals surface area contributed by atoms with E-state index < -0.39 is 0 Å². The van der Waals surface area contributed by atoms with Crippen molar-refractivity contribution in [1.29, 1.82) is 5.26 Å². The first-order valence-corrected chi connectivity index (χ1v) is 10.6. The van der Waals surface area contributed by atoms with Gasteiger partial charge >= 0.3 is 0 Å². The van der Waals surface area contributed by atoms with Crippen molar-refractivity contribution >= 4 is 56.6 Å². The molecule has 0 saturated heterocycles. The molecule has 2 heterocycles. The predicted octanol–water partition coefficient (Wildman–Crippen LogP) is 5.49. The Bertz CT molecular complexity index is 1190. The molecular weight excluding hydrogens is 453 g/mol. The Balaban J connectivity index is 0.00000272. The molecule has 9 heteroatoms. The smallest absolute Gasteiger partial charge is 0.260 e. The van der Waals surface area contributed by atoms with Crippen LogP contribution in [0.5, 0.6) is 0 Å². The molecule has 0 radical (unpaired) electrons. The number of aryl methyl sites for hydroxylation is 2. The number of carbonyl (C=O) groups is 1. The topological polar surface area (TPSA) is 74.8 Å². The van der Waals surface area contributed by atoms with Gasteiger partial charge in [-0.3, -0.25) is 9.69 Å². The molecule has 4 rings (SSSR count). The number of thiazole rings is 1. The lowest BCUT2D eigenvalue weighted by molar-refractivity contribution is 0.0986. The summed E-state index contributed by atoms with van der Waals surface area (Å²) in [6.45, 7) is 3.21. The van der Waals surface area contributed by atoms with Crippen LogP contribution in [0.2, 0.25) is 5.02 Å². The van der Waals surface area contributed by atoms with E-state index in [2.05, 4.69) is 11.1 Å². The number of aromatic nitrogens is 3. The minimum absolute atomic E-state index is 0. The van der Waals surface area contributed by atoms with E-state index in [4.69, 9.17) is 21.8 Å². The van der Waals surface area contributed by atoms with Gasteiger partial charge in [0.25, 0.3) is 5.91 Å². The zero-order valence-electron chi connectivity index (χ0n) is 16.7. The fraction of sp³-hybridized carbons (Fsp3) is 0.182. The van der Waals surface area contributed by atoms with Gasteiger partial charge in [-0.25, -0.2) is 9.97 Å². The molecule has 0 spiro atoms. The molecule has 4 aromatic rings. The first-order valence-electron chi connectivity index (χ1n) is 9.40. The van der Waals surface area contributed by atoms with E-state index in [-0.39, 0.29) is 18.3 Å². The van der Waals surface area contributed by atoms with Crippen LogP contribution >= 0.6 is 35.3 Å². The molecule has 0 aliphatic carbocycles. The van der Waals surface area contributed by atoms with E-state index in [9.17, 15) is 4.79 Å². The second kappa shape index (κ2) is 9.92. The maximum atomic E-state index is 13.3. The quantitative estimate of drug-likeness (QED) is 0.372. The maximum Gasteiger partial charge on any atom is 0.260 e. The molecular formula is C22H19Cl2N5OS. The van der Waals surface area contributed by atoms with Gasteiger partial charge in [0.1, 0.15) is 0 Å². The van der Waals surface area contributed by atoms with E-state index in [0.717, 1.165) is 28.7 Å². The Hall–Kier alpha value is -2.92. The Kier molecular flexibility index (Phi) is 7.29. The third-order valence-electron chi connectivity index (χ3n) is 4.78. The highest BCUT2D eigenvalue weighted by molar-refractivity contribution is 7.23. The Morgan fingerprint density at radius 3 is 2.68 bits per heavy atom. The third-order valence-corrected chi connectivity index (χ3v) is 6.32. The first-order chi connectivity index (χ1) is 14.6. The highest BCUT2D eigenvalue weighted by Gasteiger charge is 2.22. The lowest BCUT2D eigenvalue weighted by Gasteiger charge is -2.20. The SMILES string of the molecule is Cc1ccc(Cl)c2sc(N(CCCn3ccnc3)C(=O)c3ccc(C#N)cc3)nc12.Cl. The molecule has 0 N–H and O–H groups in total. The highest BCUT2D eigenvalue weighted by Crippen LogP contribution is 2.36. The van der Waals surface area contributed by atoms with Crippen molar-refractivity contribution in [2.75, 3.05) is 11.4 Å². The zero-order chi connectivity index (χ0) is 21.1. The van der Waals surface area contributed by atoms with Crippen LogP contribution in [0.1, 0.15) is 27.9 Å². The van der Waals surface area contributed by atoms with Crippen LogP contribution < -0.4 is 4.90 Å². The number of halogens is 2. The molecule has 0 saturated carbocycles. The number of anilines is 1. The molecule has 0 fully saturated rings. The summed E-state index contributed by atoms with van der Waals surface area (Å²) in [5.74, 6) is -0.155. The van der Waals surface area contributed by atoms with Gasteiger partial charge < -0.3 is 4.57 Å². The van der Waals surface area contributed by atoms with E-state index in [1.807, 2.05) is 29.8 Å². The summed E-state index contributed by atoms with van der Waals surface area (Å²) < 4.78 is 2.85. The number of fused-ring (bicyclic) bond motifs is 1. The monoisotopic (exact) mass is 471 g/mol. The fourth-order valence-corrected chi connectivity index (χ4v) is 4.50. The van der Waals surface area contributed by atoms with E-state index in [0.29, 0.717) is 27.8 Å². The van der Waals surface area contributed by atoms with Crippen LogP contribution in [-0.2, 0) is 6.54 Å². The number of imidazole rings is 1.